The van der Waals surface area contributed by atoms with Crippen LogP contribution in [0.2, 0.25) is 0 Å². The molecule has 0 radical (unpaired) electrons. The van der Waals surface area contributed by atoms with E-state index in [0.717, 1.165) is 19.3 Å². The normalized spacial score (nSPS) is 12.0. The minimum absolute atomic E-state index is 0.633. The van der Waals surface area contributed by atoms with Crippen molar-refractivity contribution in [3.05, 3.63) is 23.8 Å². The van der Waals surface area contributed by atoms with E-state index in [0.29, 0.717) is 6.54 Å². The monoisotopic (exact) mass is 167 g/mol. The number of carbonyl (C=O) groups excluding carboxylic acids is 1. The Bertz CT molecular complexity index is 171. The second-order valence-corrected chi connectivity index (χ2v) is 2.50. The van der Waals surface area contributed by atoms with Gasteiger partial charge in [-0.1, -0.05) is 32.1 Å². The Morgan fingerprint density at radius 2 is 2.08 bits per heavy atom. The molecule has 2 nitrogen and oxygen atoms in total. The van der Waals surface area contributed by atoms with E-state index >= 15 is 0 Å². The van der Waals surface area contributed by atoms with Crippen molar-refractivity contribution >= 4 is 6.41 Å². The summed E-state index contributed by atoms with van der Waals surface area (Å²) in [6.07, 6.45) is 9.02. The molecule has 0 heterocycles. The van der Waals surface area contributed by atoms with Gasteiger partial charge in [0.15, 0.2) is 0 Å². The van der Waals surface area contributed by atoms with Crippen LogP contribution in [0.4, 0.5) is 0 Å². The smallest absolute Gasteiger partial charge is 0.207 e. The van der Waals surface area contributed by atoms with E-state index in [1.165, 1.54) is 5.57 Å². The Morgan fingerprint density at radius 3 is 2.58 bits per heavy atom. The van der Waals surface area contributed by atoms with Crippen LogP contribution in [0.3, 0.4) is 0 Å². The third-order valence-corrected chi connectivity index (χ3v) is 1.42. The highest BCUT2D eigenvalue weighted by atomic mass is 16.1. The largest absolute Gasteiger partial charge is 0.355 e. The first-order valence-electron chi connectivity index (χ1n) is 4.37. The van der Waals surface area contributed by atoms with Gasteiger partial charge in [0, 0.05) is 6.54 Å². The minimum atomic E-state index is 0.633. The molecular weight excluding hydrogens is 150 g/mol. The maximum Gasteiger partial charge on any atom is 0.207 e. The predicted molar refractivity (Wildman–Crippen MR) is 51.9 cm³/mol. The second kappa shape index (κ2) is 8.05. The second-order valence-electron chi connectivity index (χ2n) is 2.50. The summed E-state index contributed by atoms with van der Waals surface area (Å²) in [5.74, 6) is 0. The van der Waals surface area contributed by atoms with Crippen molar-refractivity contribution < 1.29 is 4.79 Å². The molecule has 12 heavy (non-hydrogen) atoms. The van der Waals surface area contributed by atoms with Crippen molar-refractivity contribution in [2.75, 3.05) is 6.54 Å². The zero-order valence-corrected chi connectivity index (χ0v) is 7.84. The first-order valence-corrected chi connectivity index (χ1v) is 4.37. The summed E-state index contributed by atoms with van der Waals surface area (Å²) in [5.41, 5.74) is 1.17. The van der Waals surface area contributed by atoms with Crippen molar-refractivity contribution in [2.45, 2.75) is 26.7 Å². The fourth-order valence-corrected chi connectivity index (χ4v) is 0.890. The number of hydrogen-bond donors (Lipinski definition) is 1. The SMILES string of the molecule is CCC=CC(=CCC)CNC=O. The summed E-state index contributed by atoms with van der Waals surface area (Å²) >= 11 is 0. The molecule has 0 unspecified atom stereocenters. The van der Waals surface area contributed by atoms with E-state index in [4.69, 9.17) is 0 Å². The average Bonchev–Trinajstić information content (AvgIpc) is 2.10. The van der Waals surface area contributed by atoms with Gasteiger partial charge in [-0.15, -0.1) is 0 Å². The Morgan fingerprint density at radius 1 is 1.33 bits per heavy atom. The fourth-order valence-electron chi connectivity index (χ4n) is 0.890. The minimum Gasteiger partial charge on any atom is -0.355 e. The average molecular weight is 167 g/mol. The number of rotatable bonds is 6. The summed E-state index contributed by atoms with van der Waals surface area (Å²) in [6, 6.07) is 0. The Hall–Kier alpha value is -1.05. The van der Waals surface area contributed by atoms with Crippen molar-refractivity contribution in [3.8, 4) is 0 Å². The molecule has 0 aromatic rings. The van der Waals surface area contributed by atoms with E-state index in [-0.39, 0.29) is 0 Å². The van der Waals surface area contributed by atoms with Crippen LogP contribution in [0.25, 0.3) is 0 Å². The van der Waals surface area contributed by atoms with Crippen molar-refractivity contribution in [2.24, 2.45) is 0 Å². The van der Waals surface area contributed by atoms with Crippen LogP contribution >= 0.6 is 0 Å². The molecule has 0 rings (SSSR count). The summed E-state index contributed by atoms with van der Waals surface area (Å²) in [7, 11) is 0. The molecule has 2 heteroatoms. The molecule has 0 aliphatic carbocycles. The van der Waals surface area contributed by atoms with E-state index < -0.39 is 0 Å². The zero-order chi connectivity index (χ0) is 9.23. The molecule has 0 saturated carbocycles. The van der Waals surface area contributed by atoms with Crippen molar-refractivity contribution in [1.29, 1.82) is 0 Å². The van der Waals surface area contributed by atoms with Crippen LogP contribution in [0.15, 0.2) is 23.8 Å². The summed E-state index contributed by atoms with van der Waals surface area (Å²) in [6.45, 7) is 4.81. The third-order valence-electron chi connectivity index (χ3n) is 1.42. The highest BCUT2D eigenvalue weighted by Gasteiger charge is 1.88. The maximum atomic E-state index is 10.0. The Labute approximate surface area is 74.4 Å². The van der Waals surface area contributed by atoms with Gasteiger partial charge in [0.1, 0.15) is 0 Å². The van der Waals surface area contributed by atoms with Gasteiger partial charge in [0.25, 0.3) is 0 Å². The standard InChI is InChI=1S/C10H17NO/c1-3-5-7-10(6-4-2)8-11-9-12/h5-7,9H,3-4,8H2,1-2H3,(H,11,12). The van der Waals surface area contributed by atoms with Gasteiger partial charge in [-0.2, -0.15) is 0 Å². The number of nitrogens with one attached hydrogen (secondary N) is 1. The molecule has 0 fully saturated rings. The van der Waals surface area contributed by atoms with Crippen LogP contribution in [-0.4, -0.2) is 13.0 Å². The molecule has 0 saturated heterocycles. The van der Waals surface area contributed by atoms with Gasteiger partial charge < -0.3 is 5.32 Å². The number of amides is 1. The quantitative estimate of drug-likeness (QED) is 0.476. The van der Waals surface area contributed by atoms with Crippen molar-refractivity contribution in [1.82, 2.24) is 5.32 Å². The molecule has 68 valence electrons. The first kappa shape index (κ1) is 11.0. The number of hydrogen-bond acceptors (Lipinski definition) is 1. The molecule has 0 aromatic heterocycles. The first-order chi connectivity index (χ1) is 5.85. The molecule has 0 atom stereocenters. The maximum absolute atomic E-state index is 10.0. The van der Waals surface area contributed by atoms with Gasteiger partial charge >= 0.3 is 0 Å². The topological polar surface area (TPSA) is 29.1 Å². The lowest BCUT2D eigenvalue weighted by molar-refractivity contribution is -0.109. The Kier molecular flexibility index (Phi) is 7.35. The highest BCUT2D eigenvalue weighted by Crippen LogP contribution is 1.98. The Balaban J connectivity index is 3.94. The van der Waals surface area contributed by atoms with Crippen LogP contribution in [-0.2, 0) is 4.79 Å². The van der Waals surface area contributed by atoms with Crippen LogP contribution in [0, 0.1) is 0 Å². The van der Waals surface area contributed by atoms with Gasteiger partial charge in [0.2, 0.25) is 6.41 Å². The third kappa shape index (κ3) is 5.71. The lowest BCUT2D eigenvalue weighted by Crippen LogP contribution is -2.13. The van der Waals surface area contributed by atoms with Crippen molar-refractivity contribution in [3.63, 3.8) is 0 Å². The summed E-state index contributed by atoms with van der Waals surface area (Å²) < 4.78 is 0. The van der Waals surface area contributed by atoms with Crippen LogP contribution < -0.4 is 5.32 Å². The highest BCUT2D eigenvalue weighted by molar-refractivity contribution is 5.47. The van der Waals surface area contributed by atoms with Gasteiger partial charge in [-0.3, -0.25) is 4.79 Å². The number of allylic oxidation sites excluding steroid dienone is 2. The van der Waals surface area contributed by atoms with Gasteiger partial charge in [-0.05, 0) is 18.4 Å². The van der Waals surface area contributed by atoms with Crippen LogP contribution in [0.5, 0.6) is 0 Å². The zero-order valence-electron chi connectivity index (χ0n) is 7.84. The molecule has 1 N–H and O–H groups in total. The molecular formula is C10H17NO. The lowest BCUT2D eigenvalue weighted by atomic mass is 10.2. The van der Waals surface area contributed by atoms with Gasteiger partial charge in [-0.25, -0.2) is 0 Å². The molecule has 0 spiro atoms. The fraction of sp³-hybridized carbons (Fsp3) is 0.500. The number of carbonyl (C=O) groups is 1. The summed E-state index contributed by atoms with van der Waals surface area (Å²) in [4.78, 5) is 10.0. The van der Waals surface area contributed by atoms with E-state index in [9.17, 15) is 4.79 Å². The van der Waals surface area contributed by atoms with Gasteiger partial charge in [0.05, 0.1) is 0 Å². The molecule has 0 aliphatic rings. The van der Waals surface area contributed by atoms with Crippen LogP contribution in [0.1, 0.15) is 26.7 Å². The lowest BCUT2D eigenvalue weighted by Gasteiger charge is -1.99. The molecule has 1 amide bonds. The summed E-state index contributed by atoms with van der Waals surface area (Å²) in [5, 5.41) is 2.64. The van der Waals surface area contributed by atoms with E-state index in [1.807, 2.05) is 0 Å². The molecule has 0 bridgehead atoms. The molecule has 0 aliphatic heterocycles. The molecule has 0 aromatic carbocycles. The predicted octanol–water partition coefficient (Wildman–Crippen LogP) is 2.04. The van der Waals surface area contributed by atoms with E-state index in [2.05, 4.69) is 37.4 Å². The van der Waals surface area contributed by atoms with E-state index in [1.54, 1.807) is 0 Å².